The average molecular weight is 657 g/mol. The summed E-state index contributed by atoms with van der Waals surface area (Å²) in [5.41, 5.74) is 10.7. The van der Waals surface area contributed by atoms with E-state index < -0.39 is 0 Å². The van der Waals surface area contributed by atoms with Crippen molar-refractivity contribution in [2.24, 2.45) is 0 Å². The van der Waals surface area contributed by atoms with Gasteiger partial charge in [-0.25, -0.2) is 0 Å². The van der Waals surface area contributed by atoms with Gasteiger partial charge in [-0.3, -0.25) is 0 Å². The molecule has 0 atom stereocenters. The number of aromatic nitrogens is 1. The Morgan fingerprint density at radius 1 is 0.510 bits per heavy atom. The molecule has 0 bridgehead atoms. The third-order valence-corrected chi connectivity index (χ3v) is 10.1. The first-order chi connectivity index (χ1) is 25.2. The lowest BCUT2D eigenvalue weighted by atomic mass is 9.97. The average Bonchev–Trinajstić information content (AvgIpc) is 3.73. The molecule has 0 aliphatic carbocycles. The van der Waals surface area contributed by atoms with E-state index in [1.54, 1.807) is 0 Å². The number of nitrogens with one attached hydrogen (secondary N) is 1. The van der Waals surface area contributed by atoms with Crippen molar-refractivity contribution in [1.82, 2.24) is 4.57 Å². The Hall–Kier alpha value is -6.78. The monoisotopic (exact) mass is 656 g/mol. The van der Waals surface area contributed by atoms with Crippen LogP contribution in [0.5, 0.6) is 5.75 Å². The van der Waals surface area contributed by atoms with E-state index in [4.69, 9.17) is 4.42 Å². The Kier molecular flexibility index (Phi) is 6.68. The van der Waals surface area contributed by atoms with Crippen LogP contribution in [0, 0.1) is 0 Å². The molecule has 10 rings (SSSR count). The number of aromatic hydroxyl groups is 1. The second-order valence-electron chi connectivity index (χ2n) is 13.2. The summed E-state index contributed by atoms with van der Waals surface area (Å²) in [7, 11) is 0. The minimum atomic E-state index is 0.207. The zero-order valence-corrected chi connectivity index (χ0v) is 27.7. The molecule has 4 heteroatoms. The Morgan fingerprint density at radius 3 is 2.06 bits per heavy atom. The number of benzene rings is 8. The van der Waals surface area contributed by atoms with Crippen LogP contribution in [0.15, 0.2) is 174 Å². The Labute approximate surface area is 294 Å². The number of phenolic OH excluding ortho intramolecular Hbond substituents is 1. The minimum Gasteiger partial charge on any atom is -0.505 e. The predicted molar refractivity (Wildman–Crippen MR) is 212 cm³/mol. The smallest absolute Gasteiger partial charge is 0.147 e. The number of para-hydroxylation sites is 2. The molecule has 0 aliphatic rings. The van der Waals surface area contributed by atoms with Crippen molar-refractivity contribution in [2.45, 2.75) is 6.54 Å². The third kappa shape index (κ3) is 4.84. The summed E-state index contributed by atoms with van der Waals surface area (Å²) in [6.07, 6.45) is 0. The van der Waals surface area contributed by atoms with Crippen LogP contribution in [0.2, 0.25) is 0 Å². The summed E-state index contributed by atoms with van der Waals surface area (Å²) in [5, 5.41) is 22.2. The third-order valence-electron chi connectivity index (χ3n) is 10.1. The van der Waals surface area contributed by atoms with Crippen molar-refractivity contribution in [2.75, 3.05) is 5.32 Å². The lowest BCUT2D eigenvalue weighted by molar-refractivity contribution is 0.479. The maximum Gasteiger partial charge on any atom is 0.147 e. The van der Waals surface area contributed by atoms with E-state index in [0.29, 0.717) is 12.2 Å². The van der Waals surface area contributed by atoms with Gasteiger partial charge in [0.2, 0.25) is 0 Å². The lowest BCUT2D eigenvalue weighted by Crippen LogP contribution is -2.02. The van der Waals surface area contributed by atoms with Crippen LogP contribution in [-0.4, -0.2) is 9.67 Å². The van der Waals surface area contributed by atoms with Crippen LogP contribution < -0.4 is 5.32 Å². The molecule has 2 heterocycles. The molecule has 4 nitrogen and oxygen atoms in total. The summed E-state index contributed by atoms with van der Waals surface area (Å²) in [5.74, 6) is 0.207. The van der Waals surface area contributed by atoms with Crippen molar-refractivity contribution in [3.63, 3.8) is 0 Å². The molecule has 2 N–H and O–H groups in total. The van der Waals surface area contributed by atoms with Crippen molar-refractivity contribution >= 4 is 60.2 Å². The van der Waals surface area contributed by atoms with Gasteiger partial charge in [-0.2, -0.15) is 0 Å². The Bertz CT molecular complexity index is 2920. The number of fused-ring (bicyclic) bond motifs is 7. The zero-order chi connectivity index (χ0) is 33.9. The first kappa shape index (κ1) is 29.2. The fourth-order valence-corrected chi connectivity index (χ4v) is 7.65. The van der Waals surface area contributed by atoms with Gasteiger partial charge in [0, 0.05) is 34.0 Å². The van der Waals surface area contributed by atoms with Gasteiger partial charge in [-0.15, -0.1) is 0 Å². The molecular weight excluding hydrogens is 625 g/mol. The maximum atomic E-state index is 12.0. The number of phenols is 1. The highest BCUT2D eigenvalue weighted by Crippen LogP contribution is 2.46. The van der Waals surface area contributed by atoms with E-state index in [1.165, 1.54) is 21.9 Å². The van der Waals surface area contributed by atoms with Crippen molar-refractivity contribution < 1.29 is 9.52 Å². The van der Waals surface area contributed by atoms with Crippen LogP contribution in [0.4, 0.5) is 5.69 Å². The first-order valence-electron chi connectivity index (χ1n) is 17.3. The number of hydrogen-bond donors (Lipinski definition) is 2. The van der Waals surface area contributed by atoms with Gasteiger partial charge >= 0.3 is 0 Å². The molecule has 0 aliphatic heterocycles. The number of hydrogen-bond acceptors (Lipinski definition) is 3. The van der Waals surface area contributed by atoms with E-state index in [9.17, 15) is 5.11 Å². The van der Waals surface area contributed by atoms with Crippen molar-refractivity contribution in [1.29, 1.82) is 0 Å². The normalized spacial score (nSPS) is 11.7. The molecule has 10 aromatic rings. The molecule has 0 spiro atoms. The number of nitrogens with zero attached hydrogens (tertiary/aromatic N) is 1. The molecule has 51 heavy (non-hydrogen) atoms. The van der Waals surface area contributed by atoms with Gasteiger partial charge in [0.25, 0.3) is 0 Å². The van der Waals surface area contributed by atoms with Crippen LogP contribution in [-0.2, 0) is 6.54 Å². The molecule has 0 radical (unpaired) electrons. The van der Waals surface area contributed by atoms with Gasteiger partial charge < -0.3 is 19.4 Å². The van der Waals surface area contributed by atoms with E-state index in [-0.39, 0.29) is 5.75 Å². The quantitative estimate of drug-likeness (QED) is 0.175. The first-order valence-corrected chi connectivity index (χ1v) is 17.3. The molecular formula is C47H32N2O2. The maximum absolute atomic E-state index is 12.0. The zero-order valence-electron chi connectivity index (χ0n) is 27.7. The van der Waals surface area contributed by atoms with Crippen molar-refractivity contribution in [3.8, 4) is 33.7 Å². The molecule has 0 saturated carbocycles. The van der Waals surface area contributed by atoms with Gasteiger partial charge in [0.05, 0.1) is 22.1 Å². The summed E-state index contributed by atoms with van der Waals surface area (Å²) in [6.45, 7) is 0.508. The predicted octanol–water partition coefficient (Wildman–Crippen LogP) is 12.5. The van der Waals surface area contributed by atoms with Crippen LogP contribution in [0.3, 0.4) is 0 Å². The topological polar surface area (TPSA) is 50.3 Å². The summed E-state index contributed by atoms with van der Waals surface area (Å²) >= 11 is 0. The summed E-state index contributed by atoms with van der Waals surface area (Å²) < 4.78 is 8.74. The van der Waals surface area contributed by atoms with Crippen LogP contribution in [0.25, 0.3) is 82.5 Å². The Morgan fingerprint density at radius 2 is 1.20 bits per heavy atom. The second-order valence-corrected chi connectivity index (χ2v) is 13.2. The van der Waals surface area contributed by atoms with Gasteiger partial charge in [-0.05, 0) is 75.5 Å². The SMILES string of the molecule is Oc1c(-c2ccc3ccccc3c2)cc2oc3ccccc3c2c1NCc1ccc2c3ccccc3n(-c3ccc(-c4ccccc4)cc3)c2c1. The van der Waals surface area contributed by atoms with Crippen molar-refractivity contribution in [3.05, 3.63) is 175 Å². The van der Waals surface area contributed by atoms with Crippen LogP contribution in [0.1, 0.15) is 5.56 Å². The molecule has 0 saturated heterocycles. The summed E-state index contributed by atoms with van der Waals surface area (Å²) in [4.78, 5) is 0. The van der Waals surface area contributed by atoms with Crippen LogP contribution >= 0.6 is 0 Å². The largest absolute Gasteiger partial charge is 0.505 e. The number of anilines is 1. The molecule has 2 aromatic heterocycles. The standard InChI is InChI=1S/C47H32N2O2/c50-47-40(35-20-19-32-12-4-5-13-34(32)27-35)28-44-45(39-15-7-9-17-43(39)51-44)46(47)48-29-30-18-25-38-37-14-6-8-16-41(37)49(42(38)26-30)36-23-21-33(22-24-36)31-10-2-1-3-11-31/h1-28,48,50H,29H2. The molecule has 0 fully saturated rings. The van der Waals surface area contributed by atoms with Gasteiger partial charge in [0.1, 0.15) is 16.9 Å². The van der Waals surface area contributed by atoms with E-state index in [0.717, 1.165) is 66.1 Å². The molecule has 0 amide bonds. The lowest BCUT2D eigenvalue weighted by Gasteiger charge is -2.15. The number of rotatable bonds is 6. The summed E-state index contributed by atoms with van der Waals surface area (Å²) in [6, 6.07) is 59.1. The van der Waals surface area contributed by atoms with E-state index >= 15 is 0 Å². The highest BCUT2D eigenvalue weighted by atomic mass is 16.3. The van der Waals surface area contributed by atoms with E-state index in [1.807, 2.05) is 42.5 Å². The van der Waals surface area contributed by atoms with Gasteiger partial charge in [-0.1, -0.05) is 127 Å². The fraction of sp³-hybridized carbons (Fsp3) is 0.0213. The Balaban J connectivity index is 1.08. The molecule has 0 unspecified atom stereocenters. The van der Waals surface area contributed by atoms with E-state index in [2.05, 4.69) is 137 Å². The minimum absolute atomic E-state index is 0.207. The fourth-order valence-electron chi connectivity index (χ4n) is 7.65. The number of furan rings is 1. The second kappa shape index (κ2) is 11.7. The van der Waals surface area contributed by atoms with Gasteiger partial charge in [0.15, 0.2) is 0 Å². The highest BCUT2D eigenvalue weighted by Gasteiger charge is 2.20. The molecule has 242 valence electrons. The molecule has 8 aromatic carbocycles. The highest BCUT2D eigenvalue weighted by molar-refractivity contribution is 6.15.